The Labute approximate surface area is 113 Å². The Hall–Kier alpha value is -2.15. The molecule has 0 saturated heterocycles. The lowest BCUT2D eigenvalue weighted by Crippen LogP contribution is -2.08. The minimum atomic E-state index is 0.425. The predicted molar refractivity (Wildman–Crippen MR) is 74.1 cm³/mol. The second-order valence-electron chi connectivity index (χ2n) is 5.30. The number of hydrogen-bond donors (Lipinski definition) is 0. The highest BCUT2D eigenvalue weighted by Crippen LogP contribution is 2.20. The van der Waals surface area contributed by atoms with Gasteiger partial charge in [-0.2, -0.15) is 5.26 Å². The van der Waals surface area contributed by atoms with Gasteiger partial charge in [0.05, 0.1) is 11.4 Å². The summed E-state index contributed by atoms with van der Waals surface area (Å²) in [5, 5.41) is 17.3. The molecule has 98 valence electrons. The molecular formula is C15H18N4. The summed E-state index contributed by atoms with van der Waals surface area (Å²) in [5.74, 6) is 0.454. The van der Waals surface area contributed by atoms with Crippen molar-refractivity contribution in [2.45, 2.75) is 34.1 Å². The number of rotatable bonds is 3. The normalized spacial score (nSPS) is 10.7. The first kappa shape index (κ1) is 13.3. The zero-order valence-electron chi connectivity index (χ0n) is 11.8. The molecular weight excluding hydrogens is 236 g/mol. The van der Waals surface area contributed by atoms with Crippen LogP contribution in [0.1, 0.15) is 36.4 Å². The molecule has 2 aromatic rings. The maximum atomic E-state index is 9.14. The van der Waals surface area contributed by atoms with Gasteiger partial charge in [-0.05, 0) is 37.8 Å². The maximum absolute atomic E-state index is 9.14. The summed E-state index contributed by atoms with van der Waals surface area (Å²) in [6.07, 6.45) is 0.795. The molecule has 19 heavy (non-hydrogen) atoms. The SMILES string of the molecule is Cc1ccc(-n2nnc(C#N)c2CC(C)C)c(C)c1. The summed E-state index contributed by atoms with van der Waals surface area (Å²) in [5.41, 5.74) is 4.67. The Morgan fingerprint density at radius 3 is 2.63 bits per heavy atom. The van der Waals surface area contributed by atoms with Gasteiger partial charge in [-0.15, -0.1) is 5.10 Å². The van der Waals surface area contributed by atoms with Crippen molar-refractivity contribution in [3.05, 3.63) is 40.7 Å². The number of aromatic nitrogens is 3. The largest absolute Gasteiger partial charge is 0.216 e. The van der Waals surface area contributed by atoms with E-state index in [1.807, 2.05) is 6.07 Å². The topological polar surface area (TPSA) is 54.5 Å². The first-order valence-electron chi connectivity index (χ1n) is 6.45. The van der Waals surface area contributed by atoms with Crippen LogP contribution in [0.5, 0.6) is 0 Å². The van der Waals surface area contributed by atoms with Crippen molar-refractivity contribution in [1.29, 1.82) is 5.26 Å². The van der Waals surface area contributed by atoms with Crippen LogP contribution in [0.2, 0.25) is 0 Å². The van der Waals surface area contributed by atoms with Crippen LogP contribution in [0, 0.1) is 31.1 Å². The standard InChI is InChI=1S/C15H18N4/c1-10(2)7-15-13(9-16)17-18-19(15)14-6-5-11(3)8-12(14)4/h5-6,8,10H,7H2,1-4H3. The van der Waals surface area contributed by atoms with Crippen molar-refractivity contribution < 1.29 is 0 Å². The van der Waals surface area contributed by atoms with Crippen LogP contribution in [0.4, 0.5) is 0 Å². The molecule has 0 saturated carbocycles. The number of nitrogens with zero attached hydrogens (tertiary/aromatic N) is 4. The van der Waals surface area contributed by atoms with Gasteiger partial charge in [0.25, 0.3) is 0 Å². The third kappa shape index (κ3) is 2.65. The molecule has 0 aliphatic heterocycles. The van der Waals surface area contributed by atoms with E-state index in [4.69, 9.17) is 5.26 Å². The fraction of sp³-hybridized carbons (Fsp3) is 0.400. The van der Waals surface area contributed by atoms with E-state index in [1.54, 1.807) is 4.68 Å². The molecule has 0 fully saturated rings. The van der Waals surface area contributed by atoms with E-state index in [0.717, 1.165) is 23.4 Å². The number of hydrogen-bond acceptors (Lipinski definition) is 3. The van der Waals surface area contributed by atoms with E-state index in [-0.39, 0.29) is 0 Å². The quantitative estimate of drug-likeness (QED) is 0.846. The fourth-order valence-electron chi connectivity index (χ4n) is 2.19. The molecule has 1 heterocycles. The predicted octanol–water partition coefficient (Wildman–Crippen LogP) is 2.95. The first-order valence-corrected chi connectivity index (χ1v) is 6.45. The van der Waals surface area contributed by atoms with Crippen LogP contribution in [0.25, 0.3) is 5.69 Å². The van der Waals surface area contributed by atoms with E-state index in [9.17, 15) is 0 Å². The van der Waals surface area contributed by atoms with Crippen LogP contribution in [0.3, 0.4) is 0 Å². The summed E-state index contributed by atoms with van der Waals surface area (Å²) < 4.78 is 1.80. The van der Waals surface area contributed by atoms with Crippen LogP contribution in [-0.4, -0.2) is 15.0 Å². The maximum Gasteiger partial charge on any atom is 0.186 e. The second kappa shape index (κ2) is 5.23. The minimum Gasteiger partial charge on any atom is -0.216 e. The zero-order valence-corrected chi connectivity index (χ0v) is 11.8. The first-order chi connectivity index (χ1) is 9.02. The summed E-state index contributed by atoms with van der Waals surface area (Å²) in [6, 6.07) is 8.32. The highest BCUT2D eigenvalue weighted by atomic mass is 15.4. The molecule has 2 rings (SSSR count). The molecule has 0 N–H and O–H groups in total. The molecule has 0 aliphatic carbocycles. The molecule has 0 amide bonds. The van der Waals surface area contributed by atoms with Crippen LogP contribution < -0.4 is 0 Å². The van der Waals surface area contributed by atoms with E-state index < -0.39 is 0 Å². The molecule has 0 spiro atoms. The lowest BCUT2D eigenvalue weighted by atomic mass is 10.1. The Kier molecular flexibility index (Phi) is 3.66. The third-order valence-corrected chi connectivity index (χ3v) is 3.05. The van der Waals surface area contributed by atoms with Gasteiger partial charge in [0.2, 0.25) is 0 Å². The van der Waals surface area contributed by atoms with Gasteiger partial charge in [-0.25, -0.2) is 4.68 Å². The van der Waals surface area contributed by atoms with Crippen molar-refractivity contribution in [3.63, 3.8) is 0 Å². The number of aryl methyl sites for hydroxylation is 2. The van der Waals surface area contributed by atoms with Crippen molar-refractivity contribution in [3.8, 4) is 11.8 Å². The molecule has 0 bridgehead atoms. The smallest absolute Gasteiger partial charge is 0.186 e. The van der Waals surface area contributed by atoms with Gasteiger partial charge in [0.1, 0.15) is 6.07 Å². The van der Waals surface area contributed by atoms with Gasteiger partial charge in [0.15, 0.2) is 5.69 Å². The molecule has 0 radical (unpaired) electrons. The Bertz CT molecular complexity index is 632. The molecule has 0 unspecified atom stereocenters. The number of benzene rings is 1. The van der Waals surface area contributed by atoms with Gasteiger partial charge >= 0.3 is 0 Å². The van der Waals surface area contributed by atoms with Crippen molar-refractivity contribution in [2.24, 2.45) is 5.92 Å². The van der Waals surface area contributed by atoms with Crippen molar-refractivity contribution in [1.82, 2.24) is 15.0 Å². The highest BCUT2D eigenvalue weighted by molar-refractivity contribution is 5.44. The van der Waals surface area contributed by atoms with Crippen LogP contribution in [0.15, 0.2) is 18.2 Å². The Morgan fingerprint density at radius 2 is 2.05 bits per heavy atom. The third-order valence-electron chi connectivity index (χ3n) is 3.05. The second-order valence-corrected chi connectivity index (χ2v) is 5.30. The molecule has 0 aliphatic rings. The summed E-state index contributed by atoms with van der Waals surface area (Å²) in [7, 11) is 0. The van der Waals surface area contributed by atoms with Crippen LogP contribution in [-0.2, 0) is 6.42 Å². The van der Waals surface area contributed by atoms with E-state index >= 15 is 0 Å². The van der Waals surface area contributed by atoms with Gasteiger partial charge in [0, 0.05) is 0 Å². The van der Waals surface area contributed by atoms with Gasteiger partial charge < -0.3 is 0 Å². The van der Waals surface area contributed by atoms with E-state index in [2.05, 4.69) is 56.2 Å². The Morgan fingerprint density at radius 1 is 1.32 bits per heavy atom. The summed E-state index contributed by atoms with van der Waals surface area (Å²) >= 11 is 0. The average molecular weight is 254 g/mol. The summed E-state index contributed by atoms with van der Waals surface area (Å²) in [4.78, 5) is 0. The van der Waals surface area contributed by atoms with Gasteiger partial charge in [-0.1, -0.05) is 36.8 Å². The lowest BCUT2D eigenvalue weighted by Gasteiger charge is -2.11. The molecule has 4 nitrogen and oxygen atoms in total. The fourth-order valence-corrected chi connectivity index (χ4v) is 2.19. The monoisotopic (exact) mass is 254 g/mol. The zero-order chi connectivity index (χ0) is 14.0. The minimum absolute atomic E-state index is 0.425. The summed E-state index contributed by atoms with van der Waals surface area (Å²) in [6.45, 7) is 8.37. The van der Waals surface area contributed by atoms with E-state index in [0.29, 0.717) is 11.6 Å². The molecule has 4 heteroatoms. The molecule has 0 atom stereocenters. The average Bonchev–Trinajstić information content (AvgIpc) is 2.71. The molecule has 1 aromatic heterocycles. The van der Waals surface area contributed by atoms with Crippen LogP contribution >= 0.6 is 0 Å². The number of nitriles is 1. The van der Waals surface area contributed by atoms with Gasteiger partial charge in [-0.3, -0.25) is 0 Å². The highest BCUT2D eigenvalue weighted by Gasteiger charge is 2.16. The van der Waals surface area contributed by atoms with Crippen molar-refractivity contribution >= 4 is 0 Å². The molecule has 1 aromatic carbocycles. The lowest BCUT2D eigenvalue weighted by molar-refractivity contribution is 0.613. The van der Waals surface area contributed by atoms with E-state index in [1.165, 1.54) is 5.56 Å². The van der Waals surface area contributed by atoms with Crippen molar-refractivity contribution in [2.75, 3.05) is 0 Å². The Balaban J connectivity index is 2.56.